The molecule has 1 aliphatic rings. The fraction of sp³-hybridized carbons (Fsp3) is 0.259. The van der Waals surface area contributed by atoms with Gasteiger partial charge in [-0.2, -0.15) is 5.10 Å². The smallest absolute Gasteiger partial charge is 0.258 e. The van der Waals surface area contributed by atoms with E-state index in [2.05, 4.69) is 62.9 Å². The summed E-state index contributed by atoms with van der Waals surface area (Å²) in [5, 5.41) is 4.26. The van der Waals surface area contributed by atoms with E-state index in [9.17, 15) is 0 Å². The highest BCUT2D eigenvalue weighted by atomic mass is 16.5. The second-order valence-electron chi connectivity index (χ2n) is 8.83. The Bertz CT molecular complexity index is 1450. The molecule has 4 aromatic rings. The number of nitrogens with two attached hydrogens (primary N) is 1. The molecule has 3 aromatic heterocycles. The van der Waals surface area contributed by atoms with Gasteiger partial charge in [-0.15, -0.1) is 0 Å². The summed E-state index contributed by atoms with van der Waals surface area (Å²) in [5.41, 5.74) is 14.1. The number of rotatable bonds is 4. The molecule has 8 heteroatoms. The van der Waals surface area contributed by atoms with Crippen molar-refractivity contribution in [1.82, 2.24) is 29.6 Å². The zero-order valence-corrected chi connectivity index (χ0v) is 20.1. The Labute approximate surface area is 204 Å². The number of nitrogens with zero attached hydrogens (tertiary/aromatic N) is 6. The highest BCUT2D eigenvalue weighted by molar-refractivity contribution is 5.64. The average Bonchev–Trinajstić information content (AvgIpc) is 3.27. The van der Waals surface area contributed by atoms with Crippen LogP contribution in [0.5, 0.6) is 5.88 Å². The molecule has 0 saturated carbocycles. The van der Waals surface area contributed by atoms with Crippen molar-refractivity contribution in [1.29, 1.82) is 0 Å². The summed E-state index contributed by atoms with van der Waals surface area (Å²) in [6.07, 6.45) is 6.33. The number of likely N-dealkylation sites (N-methyl/N-ethyl adjacent to an activating group) is 1. The number of hydrogen-bond donors (Lipinski definition) is 1. The van der Waals surface area contributed by atoms with Crippen LogP contribution in [0.15, 0.2) is 48.9 Å². The van der Waals surface area contributed by atoms with Crippen molar-refractivity contribution in [2.75, 3.05) is 19.3 Å². The molecule has 0 aliphatic carbocycles. The number of ether oxygens (including phenoxy) is 1. The number of aromatic nitrogens is 5. The Hall–Kier alpha value is -4.22. The van der Waals surface area contributed by atoms with E-state index in [0.29, 0.717) is 17.3 Å². The first-order valence-corrected chi connectivity index (χ1v) is 11.5. The van der Waals surface area contributed by atoms with Crippen LogP contribution in [0.4, 0.5) is 5.82 Å². The van der Waals surface area contributed by atoms with E-state index in [-0.39, 0.29) is 12.4 Å². The van der Waals surface area contributed by atoms with Crippen LogP contribution in [-0.4, -0.2) is 43.2 Å². The molecule has 0 fully saturated rings. The van der Waals surface area contributed by atoms with Gasteiger partial charge in [-0.25, -0.2) is 15.0 Å². The van der Waals surface area contributed by atoms with Crippen LogP contribution in [-0.2, 0) is 26.6 Å². The second-order valence-corrected chi connectivity index (χ2v) is 8.83. The first-order valence-electron chi connectivity index (χ1n) is 11.5. The summed E-state index contributed by atoms with van der Waals surface area (Å²) >= 11 is 0. The monoisotopic (exact) mass is 465 g/mol. The van der Waals surface area contributed by atoms with Crippen LogP contribution in [0, 0.1) is 18.8 Å². The zero-order valence-electron chi connectivity index (χ0n) is 20.1. The molecule has 35 heavy (non-hydrogen) atoms. The van der Waals surface area contributed by atoms with E-state index in [1.807, 2.05) is 31.4 Å². The summed E-state index contributed by atoms with van der Waals surface area (Å²) in [5.74, 6) is 6.62. The quantitative estimate of drug-likeness (QED) is 0.463. The highest BCUT2D eigenvalue weighted by Gasteiger charge is 2.17. The number of anilines is 1. The Morgan fingerprint density at radius 1 is 1.09 bits per heavy atom. The van der Waals surface area contributed by atoms with Crippen molar-refractivity contribution in [3.05, 3.63) is 82.6 Å². The van der Waals surface area contributed by atoms with Crippen LogP contribution in [0.1, 0.15) is 33.6 Å². The van der Waals surface area contributed by atoms with Crippen LogP contribution in [0.3, 0.4) is 0 Å². The molecule has 0 amide bonds. The van der Waals surface area contributed by atoms with Gasteiger partial charge in [0.25, 0.3) is 5.88 Å². The Morgan fingerprint density at radius 3 is 2.77 bits per heavy atom. The molecule has 1 aromatic carbocycles. The van der Waals surface area contributed by atoms with Gasteiger partial charge in [0.1, 0.15) is 18.0 Å². The number of pyridine rings is 1. The van der Waals surface area contributed by atoms with Gasteiger partial charge in [0.2, 0.25) is 0 Å². The fourth-order valence-corrected chi connectivity index (χ4v) is 4.23. The Balaban J connectivity index is 1.34. The molecule has 176 valence electrons. The first kappa shape index (κ1) is 22.6. The number of hydrogen-bond acceptors (Lipinski definition) is 7. The normalized spacial score (nSPS) is 13.1. The third-order valence-electron chi connectivity index (χ3n) is 6.04. The predicted molar refractivity (Wildman–Crippen MR) is 134 cm³/mol. The van der Waals surface area contributed by atoms with Gasteiger partial charge in [0.15, 0.2) is 5.82 Å². The lowest BCUT2D eigenvalue weighted by atomic mass is 9.92. The molecule has 2 N–H and O–H groups in total. The molecule has 0 bridgehead atoms. The molecule has 0 atom stereocenters. The lowest BCUT2D eigenvalue weighted by Crippen LogP contribution is -2.27. The molecule has 4 heterocycles. The van der Waals surface area contributed by atoms with Crippen molar-refractivity contribution in [3.8, 4) is 29.0 Å². The summed E-state index contributed by atoms with van der Waals surface area (Å²) in [4.78, 5) is 15.7. The average molecular weight is 466 g/mol. The number of nitrogen functional groups attached to an aromatic ring is 1. The Kier molecular flexibility index (Phi) is 6.17. The maximum Gasteiger partial charge on any atom is 0.258 e. The SMILES string of the molecule is Cc1cc(-c2cnc(N)c(OCc3ccnc(C#Cc4ccn(C)n4)c3)n2)cc2c1CCN(C)C2. The second kappa shape index (κ2) is 9.57. The van der Waals surface area contributed by atoms with Gasteiger partial charge >= 0.3 is 0 Å². The zero-order chi connectivity index (χ0) is 24.4. The van der Waals surface area contributed by atoms with Crippen molar-refractivity contribution in [3.63, 3.8) is 0 Å². The minimum absolute atomic E-state index is 0.257. The topological polar surface area (TPSA) is 95.0 Å². The van der Waals surface area contributed by atoms with E-state index in [0.717, 1.165) is 36.3 Å². The minimum atomic E-state index is 0.257. The number of benzene rings is 1. The fourth-order valence-electron chi connectivity index (χ4n) is 4.23. The summed E-state index contributed by atoms with van der Waals surface area (Å²) in [7, 11) is 4.00. The van der Waals surface area contributed by atoms with Gasteiger partial charge in [0.05, 0.1) is 11.9 Å². The Morgan fingerprint density at radius 2 is 1.94 bits per heavy atom. The highest BCUT2D eigenvalue weighted by Crippen LogP contribution is 2.30. The number of fused-ring (bicyclic) bond motifs is 1. The van der Waals surface area contributed by atoms with Crippen LogP contribution in [0.25, 0.3) is 11.3 Å². The van der Waals surface area contributed by atoms with Crippen molar-refractivity contribution < 1.29 is 4.74 Å². The molecule has 0 saturated heterocycles. The summed E-state index contributed by atoms with van der Waals surface area (Å²) < 4.78 is 7.68. The predicted octanol–water partition coefficient (Wildman–Crippen LogP) is 3.13. The van der Waals surface area contributed by atoms with Crippen LogP contribution in [0.2, 0.25) is 0 Å². The van der Waals surface area contributed by atoms with Crippen LogP contribution < -0.4 is 10.5 Å². The maximum absolute atomic E-state index is 6.09. The largest absolute Gasteiger partial charge is 0.470 e. The van der Waals surface area contributed by atoms with Crippen molar-refractivity contribution in [2.24, 2.45) is 7.05 Å². The molecule has 1 aliphatic heterocycles. The van der Waals surface area contributed by atoms with E-state index in [1.54, 1.807) is 17.1 Å². The van der Waals surface area contributed by atoms with Crippen LogP contribution >= 0.6 is 0 Å². The third-order valence-corrected chi connectivity index (χ3v) is 6.04. The van der Waals surface area contributed by atoms with Gasteiger partial charge < -0.3 is 15.4 Å². The molecule has 0 radical (unpaired) electrons. The summed E-state index contributed by atoms with van der Waals surface area (Å²) in [6, 6.07) is 9.99. The maximum atomic E-state index is 6.09. The standard InChI is InChI=1S/C27H27N7O/c1-18-12-20(14-21-16-33(2)10-8-24(18)21)25-15-30-26(28)27(31-25)35-17-19-6-9-29-23(13-19)5-4-22-7-11-34(3)32-22/h6-7,9,11-15H,8,10,16-17H2,1-3H3,(H2,28,30). The first-order chi connectivity index (χ1) is 16.9. The van der Waals surface area contributed by atoms with Gasteiger partial charge in [-0.05, 0) is 84.8 Å². The summed E-state index contributed by atoms with van der Waals surface area (Å²) in [6.45, 7) is 4.45. The lowest BCUT2D eigenvalue weighted by Gasteiger charge is -2.27. The lowest BCUT2D eigenvalue weighted by molar-refractivity contribution is 0.295. The molecular formula is C27H27N7O. The minimum Gasteiger partial charge on any atom is -0.470 e. The molecule has 0 spiro atoms. The molecule has 8 nitrogen and oxygen atoms in total. The molecule has 0 unspecified atom stereocenters. The van der Waals surface area contributed by atoms with E-state index < -0.39 is 0 Å². The third kappa shape index (κ3) is 5.15. The molecule has 5 rings (SSSR count). The van der Waals surface area contributed by atoms with Gasteiger partial charge in [0, 0.05) is 38.1 Å². The van der Waals surface area contributed by atoms with Crippen molar-refractivity contribution in [2.45, 2.75) is 26.5 Å². The van der Waals surface area contributed by atoms with E-state index in [4.69, 9.17) is 10.5 Å². The van der Waals surface area contributed by atoms with E-state index in [1.165, 1.54) is 16.7 Å². The van der Waals surface area contributed by atoms with Crippen molar-refractivity contribution >= 4 is 5.82 Å². The van der Waals surface area contributed by atoms with Gasteiger partial charge in [-0.3, -0.25) is 4.68 Å². The van der Waals surface area contributed by atoms with Gasteiger partial charge in [-0.1, -0.05) is 0 Å². The number of aryl methyl sites for hydroxylation is 2. The van der Waals surface area contributed by atoms with E-state index >= 15 is 0 Å². The molecular weight excluding hydrogens is 438 g/mol.